The van der Waals surface area contributed by atoms with Gasteiger partial charge in [0.25, 0.3) is 0 Å². The van der Waals surface area contributed by atoms with Crippen molar-refractivity contribution in [2.45, 2.75) is 25.0 Å². The molecular weight excluding hydrogens is 446 g/mol. The SMILES string of the molecule is Cl.Cl.Cl.NC[C@H]1CC[C@@H](C(=O)NCCN2CCN(c3cccc(Cl)c3)CC2)O1. The van der Waals surface area contributed by atoms with E-state index in [1.54, 1.807) is 0 Å². The van der Waals surface area contributed by atoms with Crippen LogP contribution < -0.4 is 16.0 Å². The Bertz CT molecular complexity index is 588. The molecule has 162 valence electrons. The molecule has 28 heavy (non-hydrogen) atoms. The van der Waals surface area contributed by atoms with Crippen LogP contribution in [0.15, 0.2) is 24.3 Å². The number of ether oxygens (including phenoxy) is 1. The summed E-state index contributed by atoms with van der Waals surface area (Å²) in [4.78, 5) is 16.8. The van der Waals surface area contributed by atoms with Crippen LogP contribution >= 0.6 is 48.8 Å². The van der Waals surface area contributed by atoms with Gasteiger partial charge in [-0.15, -0.1) is 37.2 Å². The lowest BCUT2D eigenvalue weighted by Gasteiger charge is -2.36. The highest BCUT2D eigenvalue weighted by Crippen LogP contribution is 2.21. The molecule has 2 atom stereocenters. The van der Waals surface area contributed by atoms with E-state index in [-0.39, 0.29) is 55.3 Å². The normalized spacial score (nSPS) is 21.9. The maximum atomic E-state index is 12.1. The van der Waals surface area contributed by atoms with E-state index in [2.05, 4.69) is 21.2 Å². The van der Waals surface area contributed by atoms with Crippen molar-refractivity contribution >= 4 is 60.4 Å². The number of halogens is 4. The summed E-state index contributed by atoms with van der Waals surface area (Å²) in [6.07, 6.45) is 1.36. The zero-order valence-corrected chi connectivity index (χ0v) is 18.9. The smallest absolute Gasteiger partial charge is 0.249 e. The first-order chi connectivity index (χ1) is 12.2. The number of carbonyl (C=O) groups excluding carboxylic acids is 1. The van der Waals surface area contributed by atoms with Crippen LogP contribution in [-0.2, 0) is 9.53 Å². The van der Waals surface area contributed by atoms with Gasteiger partial charge in [-0.1, -0.05) is 17.7 Å². The molecule has 1 aromatic carbocycles. The van der Waals surface area contributed by atoms with Gasteiger partial charge in [-0.2, -0.15) is 0 Å². The molecule has 2 heterocycles. The molecule has 10 heteroatoms. The van der Waals surface area contributed by atoms with Crippen molar-refractivity contribution in [3.05, 3.63) is 29.3 Å². The van der Waals surface area contributed by atoms with Gasteiger partial charge in [-0.3, -0.25) is 9.69 Å². The predicted molar refractivity (Wildman–Crippen MR) is 122 cm³/mol. The molecule has 1 amide bonds. The number of nitrogens with one attached hydrogen (secondary N) is 1. The minimum atomic E-state index is -0.326. The van der Waals surface area contributed by atoms with Gasteiger partial charge in [0, 0.05) is 56.5 Å². The molecule has 0 aliphatic carbocycles. The van der Waals surface area contributed by atoms with E-state index in [4.69, 9.17) is 22.1 Å². The van der Waals surface area contributed by atoms with E-state index in [9.17, 15) is 4.79 Å². The number of nitrogens with zero attached hydrogens (tertiary/aromatic N) is 2. The number of anilines is 1. The molecule has 3 rings (SSSR count). The van der Waals surface area contributed by atoms with E-state index >= 15 is 0 Å². The van der Waals surface area contributed by atoms with E-state index in [1.165, 1.54) is 5.69 Å². The fourth-order valence-electron chi connectivity index (χ4n) is 3.43. The van der Waals surface area contributed by atoms with Gasteiger partial charge in [0.1, 0.15) is 6.10 Å². The Morgan fingerprint density at radius 3 is 2.50 bits per heavy atom. The minimum absolute atomic E-state index is 0. The number of rotatable bonds is 6. The molecule has 0 unspecified atom stereocenters. The highest BCUT2D eigenvalue weighted by molar-refractivity contribution is 6.30. The quantitative estimate of drug-likeness (QED) is 0.660. The maximum absolute atomic E-state index is 12.1. The van der Waals surface area contributed by atoms with Gasteiger partial charge < -0.3 is 20.7 Å². The number of piperazine rings is 1. The maximum Gasteiger partial charge on any atom is 0.249 e. The molecule has 0 radical (unpaired) electrons. The van der Waals surface area contributed by atoms with Crippen LogP contribution in [0, 0.1) is 0 Å². The molecule has 0 aromatic heterocycles. The third kappa shape index (κ3) is 7.75. The number of benzene rings is 1. The van der Waals surface area contributed by atoms with Crippen LogP contribution in [0.5, 0.6) is 0 Å². The topological polar surface area (TPSA) is 70.8 Å². The average molecular weight is 476 g/mol. The van der Waals surface area contributed by atoms with Crippen molar-refractivity contribution < 1.29 is 9.53 Å². The summed E-state index contributed by atoms with van der Waals surface area (Å²) >= 11 is 6.07. The summed E-state index contributed by atoms with van der Waals surface area (Å²) in [5.74, 6) is -0.00601. The van der Waals surface area contributed by atoms with Crippen molar-refractivity contribution in [2.24, 2.45) is 5.73 Å². The molecule has 2 aliphatic rings. The Kier molecular flexibility index (Phi) is 13.5. The number of nitrogens with two attached hydrogens (primary N) is 1. The molecule has 1 aromatic rings. The van der Waals surface area contributed by atoms with Crippen LogP contribution in [0.25, 0.3) is 0 Å². The Hall–Kier alpha value is -0.470. The fraction of sp³-hybridized carbons (Fsp3) is 0.611. The summed E-state index contributed by atoms with van der Waals surface area (Å²) in [7, 11) is 0. The molecule has 0 saturated carbocycles. The largest absolute Gasteiger partial charge is 0.369 e. The average Bonchev–Trinajstić information content (AvgIpc) is 3.11. The Morgan fingerprint density at radius 2 is 1.89 bits per heavy atom. The van der Waals surface area contributed by atoms with Gasteiger partial charge >= 0.3 is 0 Å². The number of carbonyl (C=O) groups is 1. The highest BCUT2D eigenvalue weighted by atomic mass is 35.5. The monoisotopic (exact) mass is 474 g/mol. The molecule has 3 N–H and O–H groups in total. The van der Waals surface area contributed by atoms with Gasteiger partial charge in [0.15, 0.2) is 0 Å². The van der Waals surface area contributed by atoms with Gasteiger partial charge in [0.2, 0.25) is 5.91 Å². The molecule has 6 nitrogen and oxygen atoms in total. The third-order valence-corrected chi connectivity index (χ3v) is 5.17. The Labute approximate surface area is 190 Å². The minimum Gasteiger partial charge on any atom is -0.369 e. The van der Waals surface area contributed by atoms with Gasteiger partial charge in [0.05, 0.1) is 6.10 Å². The van der Waals surface area contributed by atoms with E-state index in [0.29, 0.717) is 13.1 Å². The van der Waals surface area contributed by atoms with Crippen molar-refractivity contribution in [2.75, 3.05) is 50.7 Å². The Balaban J connectivity index is 0.00000243. The lowest BCUT2D eigenvalue weighted by atomic mass is 10.2. The van der Waals surface area contributed by atoms with E-state index in [0.717, 1.165) is 50.6 Å². The molecule has 2 saturated heterocycles. The van der Waals surface area contributed by atoms with Crippen molar-refractivity contribution in [3.8, 4) is 0 Å². The van der Waals surface area contributed by atoms with Crippen LogP contribution in [0.4, 0.5) is 5.69 Å². The second-order valence-electron chi connectivity index (χ2n) is 6.66. The molecule has 2 fully saturated rings. The van der Waals surface area contributed by atoms with Crippen LogP contribution in [0.2, 0.25) is 5.02 Å². The van der Waals surface area contributed by atoms with Crippen LogP contribution in [-0.4, -0.2) is 68.8 Å². The summed E-state index contributed by atoms with van der Waals surface area (Å²) < 4.78 is 5.62. The first-order valence-electron chi connectivity index (χ1n) is 9.02. The summed E-state index contributed by atoms with van der Waals surface area (Å²) in [6, 6.07) is 7.99. The van der Waals surface area contributed by atoms with E-state index in [1.807, 2.05) is 18.2 Å². The molecular formula is C18H30Cl4N4O2. The summed E-state index contributed by atoms with van der Waals surface area (Å²) in [5, 5.41) is 3.76. The number of amides is 1. The second kappa shape index (κ2) is 13.7. The van der Waals surface area contributed by atoms with Crippen molar-refractivity contribution in [1.82, 2.24) is 10.2 Å². The molecule has 0 spiro atoms. The van der Waals surface area contributed by atoms with Crippen molar-refractivity contribution in [3.63, 3.8) is 0 Å². The third-order valence-electron chi connectivity index (χ3n) is 4.94. The van der Waals surface area contributed by atoms with Crippen molar-refractivity contribution in [1.29, 1.82) is 0 Å². The fourth-order valence-corrected chi connectivity index (χ4v) is 3.61. The van der Waals surface area contributed by atoms with Crippen LogP contribution in [0.1, 0.15) is 12.8 Å². The number of hydrogen-bond acceptors (Lipinski definition) is 5. The first-order valence-corrected chi connectivity index (χ1v) is 9.39. The summed E-state index contributed by atoms with van der Waals surface area (Å²) in [5.41, 5.74) is 6.75. The Morgan fingerprint density at radius 1 is 1.18 bits per heavy atom. The van der Waals surface area contributed by atoms with Crippen LogP contribution in [0.3, 0.4) is 0 Å². The second-order valence-corrected chi connectivity index (χ2v) is 7.10. The zero-order valence-electron chi connectivity index (χ0n) is 15.7. The lowest BCUT2D eigenvalue weighted by Crippen LogP contribution is -2.49. The lowest BCUT2D eigenvalue weighted by molar-refractivity contribution is -0.131. The van der Waals surface area contributed by atoms with Gasteiger partial charge in [-0.25, -0.2) is 0 Å². The standard InChI is InChI=1S/C18H27ClN4O2.3ClH/c19-14-2-1-3-15(12-14)23-10-8-22(9-11-23)7-6-21-18(24)17-5-4-16(13-20)25-17;;;/h1-3,12,16-17H,4-11,13,20H2,(H,21,24);3*1H/t16-,17+;;;/m1.../s1. The molecule has 0 bridgehead atoms. The predicted octanol–water partition coefficient (Wildman–Crippen LogP) is 2.35. The summed E-state index contributed by atoms with van der Waals surface area (Å²) in [6.45, 7) is 5.91. The number of hydrogen-bond donors (Lipinski definition) is 2. The first kappa shape index (κ1) is 27.5. The molecule has 2 aliphatic heterocycles. The highest BCUT2D eigenvalue weighted by Gasteiger charge is 2.29. The zero-order chi connectivity index (χ0) is 17.6. The van der Waals surface area contributed by atoms with Gasteiger partial charge in [-0.05, 0) is 31.0 Å². The van der Waals surface area contributed by atoms with E-state index < -0.39 is 0 Å².